The van der Waals surface area contributed by atoms with E-state index >= 15 is 0 Å². The Labute approximate surface area is 120 Å². The van der Waals surface area contributed by atoms with Crippen molar-refractivity contribution in [3.63, 3.8) is 0 Å². The number of likely N-dealkylation sites (N-methyl/N-ethyl adjacent to an activating group) is 2. The summed E-state index contributed by atoms with van der Waals surface area (Å²) in [5.41, 5.74) is 0. The summed E-state index contributed by atoms with van der Waals surface area (Å²) in [7, 11) is 4.49. The first-order valence-electron chi connectivity index (χ1n) is 8.14. The molecular weight excluding hydrogens is 234 g/mol. The average Bonchev–Trinajstić information content (AvgIpc) is 2.42. The maximum atomic E-state index is 2.58. The highest BCUT2D eigenvalue weighted by atomic mass is 15.2. The Bertz CT molecular complexity index is 222. The lowest BCUT2D eigenvalue weighted by Crippen LogP contribution is -2.37. The predicted octanol–water partition coefficient (Wildman–Crippen LogP) is 2.38. The number of hydrogen-bond acceptors (Lipinski definition) is 3. The van der Waals surface area contributed by atoms with Crippen LogP contribution < -0.4 is 0 Å². The summed E-state index contributed by atoms with van der Waals surface area (Å²) in [5.74, 6) is 0.966. The topological polar surface area (TPSA) is 9.72 Å². The van der Waals surface area contributed by atoms with Crippen molar-refractivity contribution in [1.82, 2.24) is 14.7 Å². The molecule has 1 rings (SSSR count). The fraction of sp³-hybridized carbons (Fsp3) is 1.00. The standard InChI is InChI=1S/C16H35N3/c1-6-19-11-8-16(9-12-19)7-10-17(4)13-14-18(5)15(2)3/h15-16H,6-14H2,1-5H3. The van der Waals surface area contributed by atoms with Crippen molar-refractivity contribution in [1.29, 1.82) is 0 Å². The Balaban J connectivity index is 2.08. The first-order chi connectivity index (χ1) is 9.02. The Hall–Kier alpha value is -0.120. The van der Waals surface area contributed by atoms with Gasteiger partial charge in [0, 0.05) is 19.1 Å². The minimum absolute atomic E-state index is 0.659. The molecule has 0 saturated carbocycles. The molecule has 1 saturated heterocycles. The van der Waals surface area contributed by atoms with Crippen molar-refractivity contribution in [2.75, 3.05) is 53.4 Å². The third-order valence-electron chi connectivity index (χ3n) is 4.79. The van der Waals surface area contributed by atoms with Crippen LogP contribution in [0.15, 0.2) is 0 Å². The smallest absolute Gasteiger partial charge is 0.0109 e. The van der Waals surface area contributed by atoms with E-state index in [1.807, 2.05) is 0 Å². The summed E-state index contributed by atoms with van der Waals surface area (Å²) < 4.78 is 0. The maximum absolute atomic E-state index is 2.58. The average molecular weight is 269 g/mol. The van der Waals surface area contributed by atoms with Crippen LogP contribution >= 0.6 is 0 Å². The molecule has 0 N–H and O–H groups in total. The highest BCUT2D eigenvalue weighted by Crippen LogP contribution is 2.20. The molecule has 3 nitrogen and oxygen atoms in total. The Morgan fingerprint density at radius 2 is 1.68 bits per heavy atom. The zero-order valence-corrected chi connectivity index (χ0v) is 13.9. The SMILES string of the molecule is CCN1CCC(CCN(C)CCN(C)C(C)C)CC1. The van der Waals surface area contributed by atoms with Gasteiger partial charge in [-0.15, -0.1) is 0 Å². The van der Waals surface area contributed by atoms with E-state index in [0.717, 1.165) is 5.92 Å². The van der Waals surface area contributed by atoms with Crippen molar-refractivity contribution in [2.24, 2.45) is 5.92 Å². The van der Waals surface area contributed by atoms with Crippen LogP contribution in [0, 0.1) is 5.92 Å². The second kappa shape index (κ2) is 8.93. The van der Waals surface area contributed by atoms with Crippen LogP contribution in [-0.4, -0.2) is 74.1 Å². The first-order valence-corrected chi connectivity index (χ1v) is 8.14. The molecule has 3 heteroatoms. The molecule has 0 atom stereocenters. The van der Waals surface area contributed by atoms with Gasteiger partial charge in [-0.05, 0) is 79.3 Å². The summed E-state index contributed by atoms with van der Waals surface area (Å²) in [6, 6.07) is 0.659. The number of likely N-dealkylation sites (tertiary alicyclic amines) is 1. The van der Waals surface area contributed by atoms with Crippen LogP contribution in [-0.2, 0) is 0 Å². The van der Waals surface area contributed by atoms with Crippen molar-refractivity contribution >= 4 is 0 Å². The molecule has 1 heterocycles. The molecular formula is C16H35N3. The van der Waals surface area contributed by atoms with Gasteiger partial charge in [-0.3, -0.25) is 0 Å². The summed E-state index contributed by atoms with van der Waals surface area (Å²) in [6.45, 7) is 14.3. The van der Waals surface area contributed by atoms with E-state index in [1.54, 1.807) is 0 Å². The van der Waals surface area contributed by atoms with Crippen LogP contribution in [0.2, 0.25) is 0 Å². The minimum Gasteiger partial charge on any atom is -0.305 e. The van der Waals surface area contributed by atoms with Gasteiger partial charge in [0.05, 0.1) is 0 Å². The van der Waals surface area contributed by atoms with Gasteiger partial charge >= 0.3 is 0 Å². The predicted molar refractivity (Wildman–Crippen MR) is 84.7 cm³/mol. The molecule has 0 bridgehead atoms. The summed E-state index contributed by atoms with van der Waals surface area (Å²) in [6.07, 6.45) is 4.21. The van der Waals surface area contributed by atoms with Crippen molar-refractivity contribution in [2.45, 2.75) is 46.1 Å². The van der Waals surface area contributed by atoms with Gasteiger partial charge in [-0.25, -0.2) is 0 Å². The molecule has 0 amide bonds. The van der Waals surface area contributed by atoms with Gasteiger partial charge in [0.1, 0.15) is 0 Å². The second-order valence-electron chi connectivity index (χ2n) is 6.54. The van der Waals surface area contributed by atoms with E-state index < -0.39 is 0 Å². The minimum atomic E-state index is 0.659. The molecule has 1 fully saturated rings. The fourth-order valence-electron chi connectivity index (χ4n) is 2.69. The largest absolute Gasteiger partial charge is 0.305 e. The van der Waals surface area contributed by atoms with Gasteiger partial charge in [0.2, 0.25) is 0 Å². The highest BCUT2D eigenvalue weighted by Gasteiger charge is 2.18. The third-order valence-corrected chi connectivity index (χ3v) is 4.79. The quantitative estimate of drug-likeness (QED) is 0.670. The normalized spacial score (nSPS) is 18.9. The highest BCUT2D eigenvalue weighted by molar-refractivity contribution is 4.72. The second-order valence-corrected chi connectivity index (χ2v) is 6.54. The van der Waals surface area contributed by atoms with Crippen molar-refractivity contribution in [3.8, 4) is 0 Å². The molecule has 1 aliphatic heterocycles. The van der Waals surface area contributed by atoms with E-state index in [2.05, 4.69) is 49.6 Å². The molecule has 0 radical (unpaired) electrons. The lowest BCUT2D eigenvalue weighted by Gasteiger charge is -2.32. The number of rotatable bonds is 8. The van der Waals surface area contributed by atoms with Crippen molar-refractivity contribution in [3.05, 3.63) is 0 Å². The summed E-state index contributed by atoms with van der Waals surface area (Å²) in [5, 5.41) is 0. The van der Waals surface area contributed by atoms with E-state index in [9.17, 15) is 0 Å². The number of nitrogens with zero attached hydrogens (tertiary/aromatic N) is 3. The van der Waals surface area contributed by atoms with Crippen molar-refractivity contribution < 1.29 is 0 Å². The number of hydrogen-bond donors (Lipinski definition) is 0. The first kappa shape index (κ1) is 16.9. The third kappa shape index (κ3) is 6.73. The lowest BCUT2D eigenvalue weighted by molar-refractivity contribution is 0.169. The molecule has 19 heavy (non-hydrogen) atoms. The van der Waals surface area contributed by atoms with Crippen LogP contribution in [0.5, 0.6) is 0 Å². The van der Waals surface area contributed by atoms with Crippen LogP contribution in [0.3, 0.4) is 0 Å². The van der Waals surface area contributed by atoms with Crippen LogP contribution in [0.1, 0.15) is 40.0 Å². The van der Waals surface area contributed by atoms with Gasteiger partial charge in [-0.2, -0.15) is 0 Å². The van der Waals surface area contributed by atoms with Gasteiger partial charge in [-0.1, -0.05) is 6.92 Å². The Morgan fingerprint density at radius 3 is 2.21 bits per heavy atom. The zero-order chi connectivity index (χ0) is 14.3. The Morgan fingerprint density at radius 1 is 1.05 bits per heavy atom. The molecule has 0 aromatic rings. The van der Waals surface area contributed by atoms with Gasteiger partial charge in [0.25, 0.3) is 0 Å². The molecule has 0 unspecified atom stereocenters. The Kier molecular flexibility index (Phi) is 7.96. The monoisotopic (exact) mass is 269 g/mol. The van der Waals surface area contributed by atoms with Crippen LogP contribution in [0.4, 0.5) is 0 Å². The van der Waals surface area contributed by atoms with E-state index in [4.69, 9.17) is 0 Å². The summed E-state index contributed by atoms with van der Waals surface area (Å²) in [4.78, 5) is 7.51. The maximum Gasteiger partial charge on any atom is 0.0109 e. The molecule has 0 aromatic carbocycles. The molecule has 0 aromatic heterocycles. The molecule has 0 aliphatic carbocycles. The van der Waals surface area contributed by atoms with Gasteiger partial charge < -0.3 is 14.7 Å². The van der Waals surface area contributed by atoms with E-state index in [0.29, 0.717) is 6.04 Å². The summed E-state index contributed by atoms with van der Waals surface area (Å²) >= 11 is 0. The number of piperidine rings is 1. The molecule has 1 aliphatic rings. The van der Waals surface area contributed by atoms with E-state index in [-0.39, 0.29) is 0 Å². The van der Waals surface area contributed by atoms with Crippen LogP contribution in [0.25, 0.3) is 0 Å². The molecule has 0 spiro atoms. The fourth-order valence-corrected chi connectivity index (χ4v) is 2.69. The van der Waals surface area contributed by atoms with E-state index in [1.165, 1.54) is 58.5 Å². The van der Waals surface area contributed by atoms with Gasteiger partial charge in [0.15, 0.2) is 0 Å². The lowest BCUT2D eigenvalue weighted by atomic mass is 9.93. The molecule has 114 valence electrons. The zero-order valence-electron chi connectivity index (χ0n) is 13.9.